The van der Waals surface area contributed by atoms with Gasteiger partial charge in [0.25, 0.3) is 0 Å². The van der Waals surface area contributed by atoms with Gasteiger partial charge in [0.1, 0.15) is 6.10 Å². The number of likely N-dealkylation sites (tertiary alicyclic amines) is 1. The Kier molecular flexibility index (Phi) is 4.10. The molecule has 1 aromatic carbocycles. The normalized spacial score (nSPS) is 26.1. The molecule has 0 unspecified atom stereocenters. The maximum Gasteiger partial charge on any atom is 0.335 e. The third-order valence-corrected chi connectivity index (χ3v) is 4.45. The van der Waals surface area contributed by atoms with Crippen molar-refractivity contribution in [3.8, 4) is 5.75 Å². The van der Waals surface area contributed by atoms with Crippen molar-refractivity contribution >= 4 is 5.97 Å². The molecule has 0 bridgehead atoms. The molecule has 21 heavy (non-hydrogen) atoms. The van der Waals surface area contributed by atoms with Crippen LogP contribution in [0.4, 0.5) is 4.39 Å². The zero-order valence-electron chi connectivity index (χ0n) is 11.9. The lowest BCUT2D eigenvalue weighted by atomic mass is 9.86. The Morgan fingerprint density at radius 2 is 1.95 bits per heavy atom. The second-order valence-corrected chi connectivity index (χ2v) is 5.91. The van der Waals surface area contributed by atoms with Crippen LogP contribution >= 0.6 is 0 Å². The Balaban J connectivity index is 1.53. The molecule has 1 saturated carbocycles. The Bertz CT molecular complexity index is 522. The van der Waals surface area contributed by atoms with Crippen molar-refractivity contribution in [1.82, 2.24) is 4.90 Å². The van der Waals surface area contributed by atoms with Gasteiger partial charge < -0.3 is 14.7 Å². The van der Waals surface area contributed by atoms with E-state index >= 15 is 0 Å². The van der Waals surface area contributed by atoms with E-state index in [-0.39, 0.29) is 17.4 Å². The molecule has 1 heterocycles. The number of nitrogens with zero attached hydrogens (tertiary/aromatic N) is 1. The van der Waals surface area contributed by atoms with Gasteiger partial charge in [0.2, 0.25) is 0 Å². The molecule has 1 aromatic rings. The van der Waals surface area contributed by atoms with Crippen LogP contribution in [0, 0.1) is 5.82 Å². The van der Waals surface area contributed by atoms with Crippen LogP contribution in [-0.2, 0) is 0 Å². The minimum absolute atomic E-state index is 0.0436. The van der Waals surface area contributed by atoms with Gasteiger partial charge in [-0.2, -0.15) is 0 Å². The van der Waals surface area contributed by atoms with Gasteiger partial charge in [0.15, 0.2) is 11.6 Å². The molecule has 3 rings (SSSR count). The Morgan fingerprint density at radius 1 is 1.24 bits per heavy atom. The molecule has 1 N–H and O–H groups in total. The predicted octanol–water partition coefficient (Wildman–Crippen LogP) is 2.92. The summed E-state index contributed by atoms with van der Waals surface area (Å²) < 4.78 is 19.4. The average molecular weight is 293 g/mol. The van der Waals surface area contributed by atoms with Crippen LogP contribution in [0.25, 0.3) is 0 Å². The van der Waals surface area contributed by atoms with Crippen molar-refractivity contribution in [2.75, 3.05) is 13.1 Å². The summed E-state index contributed by atoms with van der Waals surface area (Å²) in [7, 11) is 0. The highest BCUT2D eigenvalue weighted by molar-refractivity contribution is 5.87. The largest absolute Gasteiger partial charge is 0.487 e. The number of hydrogen-bond donors (Lipinski definition) is 1. The first-order chi connectivity index (χ1) is 10.1. The van der Waals surface area contributed by atoms with E-state index in [0.717, 1.165) is 18.9 Å². The van der Waals surface area contributed by atoms with Crippen molar-refractivity contribution in [3.05, 3.63) is 29.6 Å². The van der Waals surface area contributed by atoms with Crippen molar-refractivity contribution in [3.63, 3.8) is 0 Å². The van der Waals surface area contributed by atoms with Gasteiger partial charge >= 0.3 is 5.97 Å². The molecule has 2 fully saturated rings. The lowest BCUT2D eigenvalue weighted by molar-refractivity contribution is 0.00713. The summed E-state index contributed by atoms with van der Waals surface area (Å²) in [6, 6.07) is 4.36. The molecule has 0 radical (unpaired) electrons. The van der Waals surface area contributed by atoms with Crippen LogP contribution in [0.2, 0.25) is 0 Å². The Labute approximate surface area is 123 Å². The van der Waals surface area contributed by atoms with Gasteiger partial charge in [-0.1, -0.05) is 6.42 Å². The molecule has 2 aliphatic rings. The molecular weight excluding hydrogens is 273 g/mol. The van der Waals surface area contributed by atoms with E-state index in [1.807, 2.05) is 0 Å². The van der Waals surface area contributed by atoms with Crippen LogP contribution in [0.15, 0.2) is 18.2 Å². The van der Waals surface area contributed by atoms with E-state index < -0.39 is 11.8 Å². The third kappa shape index (κ3) is 3.18. The number of ether oxygens (including phenoxy) is 1. The molecule has 0 atom stereocenters. The lowest BCUT2D eigenvalue weighted by Crippen LogP contribution is -2.50. The molecule has 0 amide bonds. The highest BCUT2D eigenvalue weighted by Crippen LogP contribution is 2.32. The first-order valence-corrected chi connectivity index (χ1v) is 7.57. The number of rotatable bonds is 4. The fourth-order valence-electron chi connectivity index (χ4n) is 3.12. The second-order valence-electron chi connectivity index (χ2n) is 5.91. The fourth-order valence-corrected chi connectivity index (χ4v) is 3.12. The number of carboxylic acid groups (broad SMARTS) is 1. The van der Waals surface area contributed by atoms with Gasteiger partial charge in [-0.25, -0.2) is 9.18 Å². The SMILES string of the molecule is O=C(O)c1ccc(O[C@H]2C[C@H](N3CCCCC3)C2)c(F)c1. The van der Waals surface area contributed by atoms with E-state index in [2.05, 4.69) is 4.90 Å². The van der Waals surface area contributed by atoms with Gasteiger partial charge in [-0.15, -0.1) is 0 Å². The van der Waals surface area contributed by atoms with Crippen molar-refractivity contribution in [2.24, 2.45) is 0 Å². The number of carboxylic acids is 1. The maximum absolute atomic E-state index is 13.8. The zero-order chi connectivity index (χ0) is 14.8. The van der Waals surface area contributed by atoms with E-state index in [1.54, 1.807) is 0 Å². The Morgan fingerprint density at radius 3 is 2.57 bits per heavy atom. The minimum atomic E-state index is -1.13. The summed E-state index contributed by atoms with van der Waals surface area (Å²) >= 11 is 0. The van der Waals surface area contributed by atoms with Crippen molar-refractivity contribution in [1.29, 1.82) is 0 Å². The fraction of sp³-hybridized carbons (Fsp3) is 0.562. The maximum atomic E-state index is 13.8. The van der Waals surface area contributed by atoms with Crippen LogP contribution in [0.1, 0.15) is 42.5 Å². The molecule has 4 nitrogen and oxygen atoms in total. The summed E-state index contributed by atoms with van der Waals surface area (Å²) in [5.41, 5.74) is -0.0559. The van der Waals surface area contributed by atoms with Crippen molar-refractivity contribution in [2.45, 2.75) is 44.2 Å². The number of aromatic carboxylic acids is 1. The predicted molar refractivity (Wildman–Crippen MR) is 76.2 cm³/mol. The number of halogens is 1. The minimum Gasteiger partial charge on any atom is -0.487 e. The van der Waals surface area contributed by atoms with Crippen LogP contribution < -0.4 is 4.74 Å². The summed E-state index contributed by atoms with van der Waals surface area (Å²) in [6.07, 6.45) is 5.77. The van der Waals surface area contributed by atoms with E-state index in [1.165, 1.54) is 44.5 Å². The smallest absolute Gasteiger partial charge is 0.335 e. The average Bonchev–Trinajstić information content (AvgIpc) is 2.44. The first-order valence-electron chi connectivity index (χ1n) is 7.57. The molecule has 0 aromatic heterocycles. The zero-order valence-corrected chi connectivity index (χ0v) is 11.9. The molecule has 1 aliphatic heterocycles. The second kappa shape index (κ2) is 6.02. The van der Waals surface area contributed by atoms with E-state index in [4.69, 9.17) is 9.84 Å². The van der Waals surface area contributed by atoms with Gasteiger partial charge in [-0.05, 0) is 44.1 Å². The van der Waals surface area contributed by atoms with Gasteiger partial charge in [0, 0.05) is 18.9 Å². The van der Waals surface area contributed by atoms with Gasteiger partial charge in [-0.3, -0.25) is 0 Å². The molecule has 0 spiro atoms. The number of carbonyl (C=O) groups is 1. The van der Waals surface area contributed by atoms with Crippen LogP contribution in [0.5, 0.6) is 5.75 Å². The molecule has 114 valence electrons. The summed E-state index contributed by atoms with van der Waals surface area (Å²) in [5.74, 6) is -1.58. The summed E-state index contributed by atoms with van der Waals surface area (Å²) in [6.45, 7) is 2.33. The standard InChI is InChI=1S/C16H20FNO3/c17-14-8-11(16(19)20)4-5-15(14)21-13-9-12(10-13)18-6-2-1-3-7-18/h4-5,8,12-13H,1-3,6-7,9-10H2,(H,19,20)/t12-,13-. The molecular formula is C16H20FNO3. The summed E-state index contributed by atoms with van der Waals surface area (Å²) in [5, 5.41) is 8.81. The first kappa shape index (κ1) is 14.3. The van der Waals surface area contributed by atoms with E-state index in [9.17, 15) is 9.18 Å². The molecule has 1 aliphatic carbocycles. The highest BCUT2D eigenvalue weighted by Gasteiger charge is 2.35. The van der Waals surface area contributed by atoms with E-state index in [0.29, 0.717) is 6.04 Å². The number of benzene rings is 1. The Hall–Kier alpha value is -1.62. The lowest BCUT2D eigenvalue weighted by Gasteiger charge is -2.44. The molecule has 5 heteroatoms. The van der Waals surface area contributed by atoms with Crippen LogP contribution in [0.3, 0.4) is 0 Å². The van der Waals surface area contributed by atoms with Gasteiger partial charge in [0.05, 0.1) is 5.56 Å². The summed E-state index contributed by atoms with van der Waals surface area (Å²) in [4.78, 5) is 13.3. The third-order valence-electron chi connectivity index (χ3n) is 4.45. The topological polar surface area (TPSA) is 49.8 Å². The number of hydrogen-bond acceptors (Lipinski definition) is 3. The molecule has 1 saturated heterocycles. The quantitative estimate of drug-likeness (QED) is 0.927. The van der Waals surface area contributed by atoms with Crippen molar-refractivity contribution < 1.29 is 19.0 Å². The monoisotopic (exact) mass is 293 g/mol. The highest BCUT2D eigenvalue weighted by atomic mass is 19.1. The van der Waals surface area contributed by atoms with Crippen LogP contribution in [-0.4, -0.2) is 41.2 Å². The number of piperidine rings is 1.